The lowest BCUT2D eigenvalue weighted by atomic mass is 9.89. The minimum Gasteiger partial charge on any atom is -0.378 e. The van der Waals surface area contributed by atoms with Crippen LogP contribution in [0.5, 0.6) is 0 Å². The number of rotatable bonds is 3. The first-order chi connectivity index (χ1) is 9.33. The molecule has 0 spiro atoms. The van der Waals surface area contributed by atoms with Crippen molar-refractivity contribution in [2.75, 3.05) is 12.5 Å². The predicted molar refractivity (Wildman–Crippen MR) is 76.9 cm³/mol. The van der Waals surface area contributed by atoms with E-state index in [0.29, 0.717) is 6.61 Å². The minimum atomic E-state index is 0.508. The van der Waals surface area contributed by atoms with Crippen LogP contribution < -0.4 is 11.3 Å². The molecule has 0 saturated carbocycles. The van der Waals surface area contributed by atoms with E-state index in [1.165, 1.54) is 24.0 Å². The van der Waals surface area contributed by atoms with Crippen molar-refractivity contribution in [3.63, 3.8) is 0 Å². The van der Waals surface area contributed by atoms with Crippen LogP contribution in [0, 0.1) is 0 Å². The van der Waals surface area contributed by atoms with E-state index in [2.05, 4.69) is 17.6 Å². The third-order valence-corrected chi connectivity index (χ3v) is 3.81. The molecule has 1 aliphatic carbocycles. The Labute approximate surface area is 112 Å². The fourth-order valence-corrected chi connectivity index (χ4v) is 2.92. The van der Waals surface area contributed by atoms with Gasteiger partial charge in [0.2, 0.25) is 0 Å². The van der Waals surface area contributed by atoms with Gasteiger partial charge in [-0.25, -0.2) is 4.98 Å². The van der Waals surface area contributed by atoms with Gasteiger partial charge in [0.1, 0.15) is 0 Å². The van der Waals surface area contributed by atoms with Gasteiger partial charge in [-0.15, -0.1) is 0 Å². The van der Waals surface area contributed by atoms with Crippen molar-refractivity contribution in [1.82, 2.24) is 4.98 Å². The van der Waals surface area contributed by atoms with Crippen molar-refractivity contribution in [3.05, 3.63) is 35.0 Å². The van der Waals surface area contributed by atoms with Crippen LogP contribution >= 0.6 is 0 Å². The van der Waals surface area contributed by atoms with Crippen LogP contribution in [-0.4, -0.2) is 12.1 Å². The van der Waals surface area contributed by atoms with Gasteiger partial charge in [-0.05, 0) is 42.9 Å². The van der Waals surface area contributed by atoms with Crippen molar-refractivity contribution in [3.8, 4) is 0 Å². The Morgan fingerprint density at radius 2 is 2.16 bits per heavy atom. The molecule has 0 radical (unpaired) electrons. The Bertz CT molecular complexity index is 610. The molecule has 0 aliphatic heterocycles. The Morgan fingerprint density at radius 1 is 1.32 bits per heavy atom. The van der Waals surface area contributed by atoms with E-state index in [9.17, 15) is 0 Å². The maximum atomic E-state index is 5.64. The van der Waals surface area contributed by atoms with E-state index in [-0.39, 0.29) is 0 Å². The normalized spacial score (nSPS) is 14.4. The first-order valence-corrected chi connectivity index (χ1v) is 6.73. The second-order valence-electron chi connectivity index (χ2n) is 5.05. The van der Waals surface area contributed by atoms with Gasteiger partial charge in [0.05, 0.1) is 23.5 Å². The minimum absolute atomic E-state index is 0.508. The summed E-state index contributed by atoms with van der Waals surface area (Å²) >= 11 is 0. The zero-order valence-corrected chi connectivity index (χ0v) is 11.2. The maximum Gasteiger partial charge on any atom is 0.0885 e. The molecule has 0 atom stereocenters. The van der Waals surface area contributed by atoms with Crippen LogP contribution in [0.4, 0.5) is 5.69 Å². The van der Waals surface area contributed by atoms with Crippen molar-refractivity contribution >= 4 is 16.6 Å². The van der Waals surface area contributed by atoms with Crippen LogP contribution in [0.3, 0.4) is 0 Å². The van der Waals surface area contributed by atoms with E-state index in [1.807, 2.05) is 6.07 Å². The topological polar surface area (TPSA) is 60.2 Å². The van der Waals surface area contributed by atoms with Crippen molar-refractivity contribution in [1.29, 1.82) is 0 Å². The molecule has 19 heavy (non-hydrogen) atoms. The molecule has 0 saturated heterocycles. The van der Waals surface area contributed by atoms with Gasteiger partial charge in [-0.2, -0.15) is 0 Å². The molecule has 2 aromatic rings. The molecule has 3 N–H and O–H groups in total. The second-order valence-corrected chi connectivity index (χ2v) is 5.05. The zero-order chi connectivity index (χ0) is 13.2. The number of nitrogens with zero attached hydrogens (tertiary/aromatic N) is 1. The van der Waals surface area contributed by atoms with E-state index in [0.717, 1.165) is 35.1 Å². The lowest BCUT2D eigenvalue weighted by molar-refractivity contribution is 0.182. The summed E-state index contributed by atoms with van der Waals surface area (Å²) in [6.45, 7) is 0.508. The number of methoxy groups -OCH3 is 1. The van der Waals surface area contributed by atoms with E-state index in [4.69, 9.17) is 15.6 Å². The molecule has 0 bridgehead atoms. The van der Waals surface area contributed by atoms with Crippen molar-refractivity contribution in [2.45, 2.75) is 32.3 Å². The number of pyridine rings is 1. The number of hydrazine groups is 1. The predicted octanol–water partition coefficient (Wildman–Crippen LogP) is 2.55. The number of hydrogen-bond donors (Lipinski definition) is 2. The molecule has 4 heteroatoms. The summed E-state index contributed by atoms with van der Waals surface area (Å²) in [6, 6.07) is 6.30. The lowest BCUT2D eigenvalue weighted by Crippen LogP contribution is -2.11. The molecular formula is C15H19N3O. The standard InChI is InChI=1S/C15H19N3O/c1-19-9-11-8-14(18-16)13-7-6-10-4-2-3-5-12(10)15(13)17-11/h6-8H,2-5,9,16H2,1H3,(H,17,18). The molecule has 0 unspecified atom stereocenters. The molecular weight excluding hydrogens is 238 g/mol. The smallest absolute Gasteiger partial charge is 0.0885 e. The number of nitrogens with one attached hydrogen (secondary N) is 1. The van der Waals surface area contributed by atoms with E-state index < -0.39 is 0 Å². The highest BCUT2D eigenvalue weighted by Crippen LogP contribution is 2.31. The van der Waals surface area contributed by atoms with Gasteiger partial charge >= 0.3 is 0 Å². The summed E-state index contributed by atoms with van der Waals surface area (Å²) in [5.41, 5.74) is 8.52. The molecule has 1 aromatic heterocycles. The van der Waals surface area contributed by atoms with Gasteiger partial charge in [-0.3, -0.25) is 5.84 Å². The highest BCUT2D eigenvalue weighted by Gasteiger charge is 2.15. The van der Waals surface area contributed by atoms with Gasteiger partial charge in [0.25, 0.3) is 0 Å². The number of anilines is 1. The Morgan fingerprint density at radius 3 is 2.95 bits per heavy atom. The van der Waals surface area contributed by atoms with Gasteiger partial charge < -0.3 is 10.2 Å². The third-order valence-electron chi connectivity index (χ3n) is 3.81. The van der Waals surface area contributed by atoms with Crippen LogP contribution in [0.15, 0.2) is 18.2 Å². The fraction of sp³-hybridized carbons (Fsp3) is 0.400. The number of ether oxygens (including phenoxy) is 1. The maximum absolute atomic E-state index is 5.64. The van der Waals surface area contributed by atoms with Crippen molar-refractivity contribution in [2.24, 2.45) is 5.84 Å². The highest BCUT2D eigenvalue weighted by atomic mass is 16.5. The number of benzene rings is 1. The summed E-state index contributed by atoms with van der Waals surface area (Å²) in [5.74, 6) is 5.64. The number of aromatic nitrogens is 1. The number of fused-ring (bicyclic) bond motifs is 3. The number of nitrogen functional groups attached to an aromatic ring is 1. The molecule has 3 rings (SSSR count). The summed E-state index contributed by atoms with van der Waals surface area (Å²) < 4.78 is 5.19. The average molecular weight is 257 g/mol. The third kappa shape index (κ3) is 2.17. The van der Waals surface area contributed by atoms with Crippen LogP contribution in [0.25, 0.3) is 10.9 Å². The number of aryl methyl sites for hydroxylation is 2. The molecule has 100 valence electrons. The molecule has 1 aromatic carbocycles. The van der Waals surface area contributed by atoms with E-state index in [1.54, 1.807) is 7.11 Å². The Kier molecular flexibility index (Phi) is 3.36. The number of nitrogens with two attached hydrogens (primary N) is 1. The molecule has 1 aliphatic rings. The first-order valence-electron chi connectivity index (χ1n) is 6.73. The Balaban J connectivity index is 2.25. The second kappa shape index (κ2) is 5.15. The van der Waals surface area contributed by atoms with Gasteiger partial charge in [0.15, 0.2) is 0 Å². The molecule has 0 amide bonds. The molecule has 0 fully saturated rings. The quantitative estimate of drug-likeness (QED) is 0.655. The van der Waals surface area contributed by atoms with Gasteiger partial charge in [0, 0.05) is 12.5 Å². The SMILES string of the molecule is COCc1cc(NN)c2ccc3c(c2n1)CCCC3. The van der Waals surface area contributed by atoms with Crippen LogP contribution in [-0.2, 0) is 24.2 Å². The lowest BCUT2D eigenvalue weighted by Gasteiger charge is -2.19. The fourth-order valence-electron chi connectivity index (χ4n) is 2.92. The van der Waals surface area contributed by atoms with Crippen molar-refractivity contribution < 1.29 is 4.74 Å². The summed E-state index contributed by atoms with van der Waals surface area (Å²) in [4.78, 5) is 4.77. The zero-order valence-electron chi connectivity index (χ0n) is 11.2. The van der Waals surface area contributed by atoms with E-state index >= 15 is 0 Å². The summed E-state index contributed by atoms with van der Waals surface area (Å²) in [7, 11) is 1.68. The van der Waals surface area contributed by atoms with Crippen LogP contribution in [0.1, 0.15) is 29.7 Å². The average Bonchev–Trinajstić information content (AvgIpc) is 2.46. The Hall–Kier alpha value is -1.65. The highest BCUT2D eigenvalue weighted by molar-refractivity contribution is 5.94. The summed E-state index contributed by atoms with van der Waals surface area (Å²) in [5, 5.41) is 1.10. The first kappa shape index (κ1) is 12.4. The van der Waals surface area contributed by atoms with Crippen LogP contribution in [0.2, 0.25) is 0 Å². The molecule has 1 heterocycles. The number of hydrogen-bond acceptors (Lipinski definition) is 4. The summed E-state index contributed by atoms with van der Waals surface area (Å²) in [6.07, 6.45) is 4.79. The monoisotopic (exact) mass is 257 g/mol. The largest absolute Gasteiger partial charge is 0.378 e. The molecule has 4 nitrogen and oxygen atoms in total. The van der Waals surface area contributed by atoms with Gasteiger partial charge in [-0.1, -0.05) is 12.1 Å².